The van der Waals surface area contributed by atoms with E-state index in [2.05, 4.69) is 10.3 Å². The molecule has 2 amide bonds. The van der Waals surface area contributed by atoms with E-state index in [0.29, 0.717) is 39.9 Å². The third kappa shape index (κ3) is 6.26. The normalized spacial score (nSPS) is 14.0. The number of carbonyl (C=O) groups excluding carboxylic acids is 2. The molecular formula is C20H23Cl2N3O3S2. The van der Waals surface area contributed by atoms with Crippen LogP contribution in [0.3, 0.4) is 0 Å². The van der Waals surface area contributed by atoms with Crippen LogP contribution in [0.4, 0.5) is 15.6 Å². The van der Waals surface area contributed by atoms with Crippen molar-refractivity contribution in [3.63, 3.8) is 0 Å². The smallest absolute Gasteiger partial charge is 0.328 e. The minimum absolute atomic E-state index is 0.204. The van der Waals surface area contributed by atoms with Gasteiger partial charge >= 0.3 is 12.0 Å². The molecule has 3 rings (SSSR count). The lowest BCUT2D eigenvalue weighted by molar-refractivity contribution is -0.139. The monoisotopic (exact) mass is 487 g/mol. The molecule has 0 atom stereocenters. The molecular weight excluding hydrogens is 465 g/mol. The highest BCUT2D eigenvalue weighted by Gasteiger charge is 2.26. The predicted octanol–water partition coefficient (Wildman–Crippen LogP) is 6.33. The number of hydrogen-bond donors (Lipinski definition) is 1. The second-order valence-corrected chi connectivity index (χ2v) is 9.93. The third-order valence-electron chi connectivity index (χ3n) is 4.72. The molecule has 1 N–H and O–H groups in total. The largest absolute Gasteiger partial charge is 0.465 e. The molecule has 1 fully saturated rings. The van der Waals surface area contributed by atoms with Crippen LogP contribution in [0.5, 0.6) is 0 Å². The van der Waals surface area contributed by atoms with Gasteiger partial charge in [-0.3, -0.25) is 15.0 Å². The van der Waals surface area contributed by atoms with Crippen molar-refractivity contribution >= 4 is 69.1 Å². The second-order valence-electron chi connectivity index (χ2n) is 6.84. The quantitative estimate of drug-likeness (QED) is 0.347. The van der Waals surface area contributed by atoms with Crippen LogP contribution in [0.1, 0.15) is 32.6 Å². The van der Waals surface area contributed by atoms with Gasteiger partial charge in [-0.1, -0.05) is 53.4 Å². The van der Waals surface area contributed by atoms with Crippen LogP contribution in [0.2, 0.25) is 10.0 Å². The first-order valence-electron chi connectivity index (χ1n) is 9.74. The summed E-state index contributed by atoms with van der Waals surface area (Å²) in [6.07, 6.45) is 6.17. The summed E-state index contributed by atoms with van der Waals surface area (Å²) in [5.74, 6) is 0.354. The van der Waals surface area contributed by atoms with Crippen molar-refractivity contribution in [2.45, 2.75) is 36.8 Å². The van der Waals surface area contributed by atoms with E-state index in [4.69, 9.17) is 27.9 Å². The number of esters is 1. The number of nitrogens with zero attached hydrogens (tertiary/aromatic N) is 2. The van der Waals surface area contributed by atoms with Crippen LogP contribution in [-0.2, 0) is 9.53 Å². The van der Waals surface area contributed by atoms with E-state index in [0.717, 1.165) is 17.1 Å². The van der Waals surface area contributed by atoms with Crippen LogP contribution in [0.15, 0.2) is 28.6 Å². The van der Waals surface area contributed by atoms with E-state index in [1.54, 1.807) is 36.2 Å². The molecule has 1 saturated carbocycles. The highest BCUT2D eigenvalue weighted by molar-refractivity contribution is 8.01. The van der Waals surface area contributed by atoms with E-state index in [9.17, 15) is 9.59 Å². The zero-order chi connectivity index (χ0) is 21.5. The van der Waals surface area contributed by atoms with Gasteiger partial charge in [-0.2, -0.15) is 0 Å². The van der Waals surface area contributed by atoms with E-state index in [1.807, 2.05) is 0 Å². The molecule has 1 aromatic carbocycles. The fourth-order valence-electron chi connectivity index (χ4n) is 3.32. The van der Waals surface area contributed by atoms with Crippen molar-refractivity contribution in [1.29, 1.82) is 0 Å². The van der Waals surface area contributed by atoms with Crippen LogP contribution >= 0.6 is 46.3 Å². The first kappa shape index (κ1) is 23.2. The minimum Gasteiger partial charge on any atom is -0.465 e. The van der Waals surface area contributed by atoms with Gasteiger partial charge in [-0.05, 0) is 37.8 Å². The summed E-state index contributed by atoms with van der Waals surface area (Å²) in [5.41, 5.74) is 0.585. The Morgan fingerprint density at radius 3 is 2.83 bits per heavy atom. The van der Waals surface area contributed by atoms with Gasteiger partial charge in [0.2, 0.25) is 0 Å². The second kappa shape index (κ2) is 11.2. The molecule has 1 aliphatic rings. The minimum atomic E-state index is -0.303. The number of carbonyl (C=O) groups is 2. The number of aromatic nitrogens is 1. The molecule has 1 heterocycles. The summed E-state index contributed by atoms with van der Waals surface area (Å²) >= 11 is 15.2. The van der Waals surface area contributed by atoms with E-state index in [-0.39, 0.29) is 17.8 Å². The number of nitrogens with one attached hydrogen (secondary N) is 1. The molecule has 0 bridgehead atoms. The van der Waals surface area contributed by atoms with Gasteiger partial charge in [0.05, 0.1) is 38.5 Å². The Morgan fingerprint density at radius 1 is 1.33 bits per heavy atom. The van der Waals surface area contributed by atoms with Gasteiger partial charge in [0, 0.05) is 6.54 Å². The van der Waals surface area contributed by atoms with Crippen molar-refractivity contribution in [2.24, 2.45) is 5.92 Å². The number of anilines is 2. The number of amides is 2. The fourth-order valence-corrected chi connectivity index (χ4v) is 5.38. The summed E-state index contributed by atoms with van der Waals surface area (Å²) in [4.78, 5) is 30.5. The van der Waals surface area contributed by atoms with Crippen LogP contribution < -0.4 is 10.2 Å². The predicted molar refractivity (Wildman–Crippen MR) is 124 cm³/mol. The number of rotatable bonds is 8. The van der Waals surface area contributed by atoms with Gasteiger partial charge in [-0.15, -0.1) is 11.8 Å². The Bertz CT molecular complexity index is 888. The molecule has 6 nitrogen and oxygen atoms in total. The molecule has 30 heavy (non-hydrogen) atoms. The summed E-state index contributed by atoms with van der Waals surface area (Å²) < 4.78 is 5.75. The summed E-state index contributed by atoms with van der Waals surface area (Å²) in [7, 11) is 0. The Labute approximate surface area is 194 Å². The molecule has 0 radical (unpaired) electrons. The Morgan fingerprint density at radius 2 is 2.10 bits per heavy atom. The Kier molecular flexibility index (Phi) is 8.68. The highest BCUT2D eigenvalue weighted by atomic mass is 35.5. The number of thioether (sulfide) groups is 1. The van der Waals surface area contributed by atoms with Crippen molar-refractivity contribution in [3.8, 4) is 0 Å². The van der Waals surface area contributed by atoms with E-state index >= 15 is 0 Å². The Balaban J connectivity index is 1.70. The molecule has 0 aliphatic heterocycles. The molecule has 0 unspecified atom stereocenters. The van der Waals surface area contributed by atoms with Crippen molar-refractivity contribution in [2.75, 3.05) is 29.1 Å². The zero-order valence-electron chi connectivity index (χ0n) is 16.5. The molecule has 10 heteroatoms. The summed E-state index contributed by atoms with van der Waals surface area (Å²) in [5, 5.41) is 4.08. The SMILES string of the molecule is CCOC(=O)CSc1cnc(NC(=O)N(CC2CCCC2)c2cccc(Cl)c2Cl)s1. The Hall–Kier alpha value is -1.48. The molecule has 1 aliphatic carbocycles. The van der Waals surface area contributed by atoms with Crippen LogP contribution in [-0.4, -0.2) is 35.9 Å². The standard InChI is InChI=1S/C20H23Cl2N3O3S2/c1-2-28-16(26)12-29-17-10-23-19(30-17)24-20(27)25(11-13-6-3-4-7-13)15-9-5-8-14(21)18(15)22/h5,8-10,13H,2-4,6-7,11-12H2,1H3,(H,23,24,27). The maximum Gasteiger partial charge on any atom is 0.328 e. The maximum atomic E-state index is 13.1. The van der Waals surface area contributed by atoms with Gasteiger partial charge in [0.1, 0.15) is 0 Å². The first-order valence-corrected chi connectivity index (χ1v) is 12.3. The summed E-state index contributed by atoms with van der Waals surface area (Å²) in [6.45, 7) is 2.69. The number of halogens is 2. The lowest BCUT2D eigenvalue weighted by Crippen LogP contribution is -2.38. The van der Waals surface area contributed by atoms with E-state index < -0.39 is 0 Å². The highest BCUT2D eigenvalue weighted by Crippen LogP contribution is 2.36. The number of hydrogen-bond acceptors (Lipinski definition) is 6. The molecule has 0 saturated heterocycles. The van der Waals surface area contributed by atoms with E-state index in [1.165, 1.54) is 35.9 Å². The first-order chi connectivity index (χ1) is 14.5. The lowest BCUT2D eigenvalue weighted by atomic mass is 10.1. The average Bonchev–Trinajstić information content (AvgIpc) is 3.39. The van der Waals surface area contributed by atoms with Crippen molar-refractivity contribution in [3.05, 3.63) is 34.4 Å². The third-order valence-corrected chi connectivity index (χ3v) is 7.61. The number of urea groups is 1. The molecule has 0 spiro atoms. The average molecular weight is 488 g/mol. The van der Waals surface area contributed by atoms with Gasteiger partial charge < -0.3 is 4.74 Å². The fraction of sp³-hybridized carbons (Fsp3) is 0.450. The summed E-state index contributed by atoms with van der Waals surface area (Å²) in [6, 6.07) is 4.98. The molecule has 2 aromatic rings. The topological polar surface area (TPSA) is 71.5 Å². The number of thiazole rings is 1. The van der Waals surface area contributed by atoms with Gasteiger partial charge in [-0.25, -0.2) is 9.78 Å². The number of benzene rings is 1. The number of ether oxygens (including phenoxy) is 1. The van der Waals surface area contributed by atoms with Crippen LogP contribution in [0.25, 0.3) is 0 Å². The van der Waals surface area contributed by atoms with Gasteiger partial charge in [0.25, 0.3) is 0 Å². The lowest BCUT2D eigenvalue weighted by Gasteiger charge is -2.26. The molecule has 1 aromatic heterocycles. The molecule has 162 valence electrons. The maximum absolute atomic E-state index is 13.1. The van der Waals surface area contributed by atoms with Crippen LogP contribution in [0, 0.1) is 5.92 Å². The van der Waals surface area contributed by atoms with Crippen molar-refractivity contribution in [1.82, 2.24) is 4.98 Å². The van der Waals surface area contributed by atoms with Crippen molar-refractivity contribution < 1.29 is 14.3 Å². The zero-order valence-corrected chi connectivity index (χ0v) is 19.7. The van der Waals surface area contributed by atoms with Gasteiger partial charge in [0.15, 0.2) is 5.13 Å².